The molecule has 0 fully saturated rings. The van der Waals surface area contributed by atoms with Crippen molar-refractivity contribution in [1.82, 2.24) is 9.97 Å². The highest BCUT2D eigenvalue weighted by atomic mass is 16.6. The van der Waals surface area contributed by atoms with Gasteiger partial charge in [-0.3, -0.25) is 14.9 Å². The van der Waals surface area contributed by atoms with Gasteiger partial charge in [-0.05, 0) is 48.7 Å². The molecule has 0 radical (unpaired) electrons. The van der Waals surface area contributed by atoms with Crippen molar-refractivity contribution >= 4 is 39.1 Å². The summed E-state index contributed by atoms with van der Waals surface area (Å²) in [7, 11) is 1.43. The minimum atomic E-state index is -0.535. The number of pyridine rings is 1. The summed E-state index contributed by atoms with van der Waals surface area (Å²) >= 11 is 0. The zero-order chi connectivity index (χ0) is 25.1. The van der Waals surface area contributed by atoms with Crippen LogP contribution < -0.4 is 10.1 Å². The SMILES string of the molecule is COc1ccc(NC(=O)CCCc2c(-c3ccc4ccccc4n3)[nH]c3ccccc23)c([N+](=O)[O-])c1. The number of anilines is 1. The molecule has 0 atom stereocenters. The normalized spacial score (nSPS) is 11.0. The molecule has 0 bridgehead atoms. The van der Waals surface area contributed by atoms with Gasteiger partial charge in [0.15, 0.2) is 0 Å². The summed E-state index contributed by atoms with van der Waals surface area (Å²) in [5.41, 5.74) is 4.75. The van der Waals surface area contributed by atoms with Gasteiger partial charge in [0.2, 0.25) is 5.91 Å². The van der Waals surface area contributed by atoms with Gasteiger partial charge >= 0.3 is 0 Å². The van der Waals surface area contributed by atoms with E-state index in [0.717, 1.165) is 38.8 Å². The number of nitro benzene ring substituents is 1. The molecular formula is C28H24N4O4. The molecule has 2 heterocycles. The highest BCUT2D eigenvalue weighted by Gasteiger charge is 2.18. The minimum Gasteiger partial charge on any atom is -0.496 e. The summed E-state index contributed by atoms with van der Waals surface area (Å²) in [5, 5.41) is 16.2. The molecule has 0 spiro atoms. The summed E-state index contributed by atoms with van der Waals surface area (Å²) in [6.07, 6.45) is 1.43. The molecule has 8 nitrogen and oxygen atoms in total. The monoisotopic (exact) mass is 480 g/mol. The fraction of sp³-hybridized carbons (Fsp3) is 0.143. The van der Waals surface area contributed by atoms with Crippen LogP contribution in [0.25, 0.3) is 33.2 Å². The lowest BCUT2D eigenvalue weighted by molar-refractivity contribution is -0.384. The number of H-pyrrole nitrogens is 1. The van der Waals surface area contributed by atoms with Crippen LogP contribution in [0.4, 0.5) is 11.4 Å². The maximum absolute atomic E-state index is 12.7. The van der Waals surface area contributed by atoms with Crippen LogP contribution in [0.1, 0.15) is 18.4 Å². The Hall–Kier alpha value is -4.72. The molecule has 0 unspecified atom stereocenters. The predicted molar refractivity (Wildman–Crippen MR) is 140 cm³/mol. The molecule has 8 heteroatoms. The van der Waals surface area contributed by atoms with Crippen LogP contribution in [0.3, 0.4) is 0 Å². The average molecular weight is 481 g/mol. The molecule has 1 amide bonds. The van der Waals surface area contributed by atoms with Crippen molar-refractivity contribution in [1.29, 1.82) is 0 Å². The largest absolute Gasteiger partial charge is 0.496 e. The van der Waals surface area contributed by atoms with Crippen LogP contribution in [0.5, 0.6) is 5.75 Å². The Labute approximate surface area is 207 Å². The summed E-state index contributed by atoms with van der Waals surface area (Å²) in [6, 6.07) is 24.5. The molecular weight excluding hydrogens is 456 g/mol. The van der Waals surface area contributed by atoms with E-state index in [2.05, 4.69) is 22.4 Å². The maximum atomic E-state index is 12.7. The topological polar surface area (TPSA) is 110 Å². The van der Waals surface area contributed by atoms with Gasteiger partial charge in [-0.1, -0.05) is 42.5 Å². The number of para-hydroxylation sites is 2. The molecule has 5 aromatic rings. The van der Waals surface area contributed by atoms with E-state index in [1.807, 2.05) is 48.5 Å². The number of hydrogen-bond donors (Lipinski definition) is 2. The van der Waals surface area contributed by atoms with Gasteiger partial charge in [0.05, 0.1) is 35.0 Å². The Morgan fingerprint density at radius 2 is 1.86 bits per heavy atom. The van der Waals surface area contributed by atoms with Gasteiger partial charge < -0.3 is 15.0 Å². The molecule has 0 aliphatic rings. The molecule has 0 aliphatic heterocycles. The first-order valence-electron chi connectivity index (χ1n) is 11.6. The third-order valence-corrected chi connectivity index (χ3v) is 6.17. The maximum Gasteiger partial charge on any atom is 0.296 e. The Balaban J connectivity index is 1.36. The van der Waals surface area contributed by atoms with E-state index in [4.69, 9.17) is 9.72 Å². The van der Waals surface area contributed by atoms with E-state index < -0.39 is 4.92 Å². The number of carbonyl (C=O) groups excluding carboxylic acids is 1. The van der Waals surface area contributed by atoms with Crippen molar-refractivity contribution in [2.24, 2.45) is 0 Å². The molecule has 36 heavy (non-hydrogen) atoms. The zero-order valence-electron chi connectivity index (χ0n) is 19.7. The summed E-state index contributed by atoms with van der Waals surface area (Å²) in [5.74, 6) is 0.0716. The van der Waals surface area contributed by atoms with E-state index in [1.54, 1.807) is 6.07 Å². The third-order valence-electron chi connectivity index (χ3n) is 6.17. The number of aromatic amines is 1. The lowest BCUT2D eigenvalue weighted by Crippen LogP contribution is -2.13. The molecule has 2 aromatic heterocycles. The van der Waals surface area contributed by atoms with Gasteiger partial charge in [0.25, 0.3) is 5.69 Å². The zero-order valence-corrected chi connectivity index (χ0v) is 19.7. The van der Waals surface area contributed by atoms with E-state index in [0.29, 0.717) is 18.6 Å². The van der Waals surface area contributed by atoms with Crippen LogP contribution in [0.15, 0.2) is 78.9 Å². The second kappa shape index (κ2) is 9.87. The van der Waals surface area contributed by atoms with E-state index in [9.17, 15) is 14.9 Å². The summed E-state index contributed by atoms with van der Waals surface area (Å²) in [4.78, 5) is 31.9. The van der Waals surface area contributed by atoms with Gasteiger partial charge in [0.1, 0.15) is 11.4 Å². The lowest BCUT2D eigenvalue weighted by atomic mass is 10.0. The molecule has 3 aromatic carbocycles. The number of hydrogen-bond acceptors (Lipinski definition) is 5. The number of amides is 1. The minimum absolute atomic E-state index is 0.152. The number of nitrogens with one attached hydrogen (secondary N) is 2. The Morgan fingerprint density at radius 3 is 2.69 bits per heavy atom. The Morgan fingerprint density at radius 1 is 1.06 bits per heavy atom. The molecule has 5 rings (SSSR count). The van der Waals surface area contributed by atoms with Crippen LogP contribution in [-0.4, -0.2) is 27.9 Å². The van der Waals surface area contributed by atoms with Crippen LogP contribution in [0, 0.1) is 10.1 Å². The molecule has 0 aliphatic carbocycles. The number of fused-ring (bicyclic) bond motifs is 2. The van der Waals surface area contributed by atoms with Crippen molar-refractivity contribution in [2.45, 2.75) is 19.3 Å². The van der Waals surface area contributed by atoms with Gasteiger partial charge in [-0.15, -0.1) is 0 Å². The number of carbonyl (C=O) groups is 1. The number of ether oxygens (including phenoxy) is 1. The first-order valence-corrected chi connectivity index (χ1v) is 11.6. The number of aryl methyl sites for hydroxylation is 1. The van der Waals surface area contributed by atoms with Crippen molar-refractivity contribution in [2.75, 3.05) is 12.4 Å². The number of aromatic nitrogens is 2. The summed E-state index contributed by atoms with van der Waals surface area (Å²) < 4.78 is 5.05. The average Bonchev–Trinajstić information content (AvgIpc) is 3.27. The third kappa shape index (κ3) is 4.61. The van der Waals surface area contributed by atoms with Crippen molar-refractivity contribution in [3.8, 4) is 17.1 Å². The first-order chi connectivity index (χ1) is 17.5. The number of methoxy groups -OCH3 is 1. The Bertz CT molecular complexity index is 1590. The number of nitro groups is 1. The van der Waals surface area contributed by atoms with Crippen LogP contribution in [-0.2, 0) is 11.2 Å². The molecule has 2 N–H and O–H groups in total. The number of nitrogens with zero attached hydrogens (tertiary/aromatic N) is 2. The second-order valence-electron chi connectivity index (χ2n) is 8.46. The molecule has 180 valence electrons. The van der Waals surface area contributed by atoms with E-state index >= 15 is 0 Å². The van der Waals surface area contributed by atoms with Crippen LogP contribution >= 0.6 is 0 Å². The first kappa shape index (κ1) is 23.0. The smallest absolute Gasteiger partial charge is 0.296 e. The highest BCUT2D eigenvalue weighted by molar-refractivity contribution is 5.94. The lowest BCUT2D eigenvalue weighted by Gasteiger charge is -2.09. The fourth-order valence-corrected chi connectivity index (χ4v) is 4.42. The molecule has 0 saturated heterocycles. The van der Waals surface area contributed by atoms with Gasteiger partial charge in [-0.2, -0.15) is 0 Å². The van der Waals surface area contributed by atoms with E-state index in [1.165, 1.54) is 19.2 Å². The second-order valence-corrected chi connectivity index (χ2v) is 8.46. The van der Waals surface area contributed by atoms with Gasteiger partial charge in [0, 0.05) is 22.7 Å². The van der Waals surface area contributed by atoms with Crippen molar-refractivity contribution in [3.63, 3.8) is 0 Å². The fourth-order valence-electron chi connectivity index (χ4n) is 4.42. The molecule has 0 saturated carbocycles. The van der Waals surface area contributed by atoms with E-state index in [-0.39, 0.29) is 23.7 Å². The predicted octanol–water partition coefficient (Wildman–Crippen LogP) is 6.26. The van der Waals surface area contributed by atoms with Crippen molar-refractivity contribution < 1.29 is 14.5 Å². The quantitative estimate of drug-likeness (QED) is 0.201. The summed E-state index contributed by atoms with van der Waals surface area (Å²) in [6.45, 7) is 0. The number of rotatable bonds is 8. The number of benzene rings is 3. The van der Waals surface area contributed by atoms with Crippen molar-refractivity contribution in [3.05, 3.63) is 94.5 Å². The highest BCUT2D eigenvalue weighted by Crippen LogP contribution is 2.32. The standard InChI is InChI=1S/C28H24N4O4/c1-36-19-14-16-24(26(17-19)32(34)35)30-27(33)12-6-9-21-20-8-3-5-11-23(20)31-28(21)25-15-13-18-7-2-4-10-22(18)29-25/h2-5,7-8,10-11,13-17,31H,6,9,12H2,1H3,(H,30,33). The van der Waals surface area contributed by atoms with Gasteiger partial charge in [-0.25, -0.2) is 4.98 Å². The Kier molecular flexibility index (Phi) is 6.32. The van der Waals surface area contributed by atoms with Crippen LogP contribution in [0.2, 0.25) is 0 Å².